The average molecular weight is 331 g/mol. The number of benzene rings is 1. The van der Waals surface area contributed by atoms with Gasteiger partial charge in [-0.05, 0) is 36.6 Å². The quantitative estimate of drug-likeness (QED) is 0.628. The van der Waals surface area contributed by atoms with Crippen LogP contribution in [-0.2, 0) is 0 Å². The molecule has 8 heteroatoms. The third kappa shape index (κ3) is 3.17. The van der Waals surface area contributed by atoms with Gasteiger partial charge in [0.15, 0.2) is 0 Å². The number of anilines is 2. The molecule has 0 unspecified atom stereocenters. The molecule has 0 atom stereocenters. The van der Waals surface area contributed by atoms with Crippen molar-refractivity contribution in [2.75, 3.05) is 37.0 Å². The Kier molecular flexibility index (Phi) is 4.37. The lowest BCUT2D eigenvalue weighted by Gasteiger charge is -2.32. The summed E-state index contributed by atoms with van der Waals surface area (Å²) in [4.78, 5) is 19.2. The van der Waals surface area contributed by atoms with Gasteiger partial charge in [0.2, 0.25) is 5.89 Å². The molecule has 1 aliphatic rings. The van der Waals surface area contributed by atoms with Gasteiger partial charge in [-0.3, -0.25) is 10.1 Å². The van der Waals surface area contributed by atoms with Crippen LogP contribution in [0.4, 0.5) is 17.3 Å². The standard InChI is InChI=1S/C16H21N5O3/c1-11-4-5-13(21(22)23)14(10-11)20-8-6-12(7-9-20)15-17-16(18-24-15)19(2)3/h4-5,10,12H,6-9H2,1-3H3. The van der Waals surface area contributed by atoms with Crippen LogP contribution in [0.3, 0.4) is 0 Å². The molecule has 1 saturated heterocycles. The molecule has 0 bridgehead atoms. The Labute approximate surface area is 140 Å². The number of nitro groups is 1. The summed E-state index contributed by atoms with van der Waals surface area (Å²) in [5.74, 6) is 1.42. The molecule has 1 fully saturated rings. The van der Waals surface area contributed by atoms with E-state index < -0.39 is 0 Å². The van der Waals surface area contributed by atoms with Crippen LogP contribution in [-0.4, -0.2) is 42.2 Å². The van der Waals surface area contributed by atoms with E-state index in [9.17, 15) is 10.1 Å². The highest BCUT2D eigenvalue weighted by Gasteiger charge is 2.28. The molecule has 2 aromatic rings. The van der Waals surface area contributed by atoms with E-state index in [0.29, 0.717) is 17.5 Å². The van der Waals surface area contributed by atoms with Crippen molar-refractivity contribution in [3.63, 3.8) is 0 Å². The molecule has 1 aromatic carbocycles. The van der Waals surface area contributed by atoms with Gasteiger partial charge in [0.25, 0.3) is 11.6 Å². The van der Waals surface area contributed by atoms with E-state index in [1.54, 1.807) is 17.0 Å². The van der Waals surface area contributed by atoms with Crippen molar-refractivity contribution in [3.8, 4) is 0 Å². The van der Waals surface area contributed by atoms with Crippen LogP contribution in [0.15, 0.2) is 22.7 Å². The van der Waals surface area contributed by atoms with Crippen LogP contribution < -0.4 is 9.80 Å². The van der Waals surface area contributed by atoms with E-state index in [2.05, 4.69) is 15.0 Å². The molecule has 0 amide bonds. The highest BCUT2D eigenvalue weighted by atomic mass is 16.6. The third-order valence-corrected chi connectivity index (χ3v) is 4.34. The summed E-state index contributed by atoms with van der Waals surface area (Å²) in [7, 11) is 3.74. The molecule has 8 nitrogen and oxygen atoms in total. The maximum absolute atomic E-state index is 11.3. The smallest absolute Gasteiger partial charge is 0.292 e. The number of nitrogens with zero attached hydrogens (tertiary/aromatic N) is 5. The Balaban J connectivity index is 1.73. The minimum Gasteiger partial charge on any atom is -0.366 e. The Hall–Kier alpha value is -2.64. The molecule has 3 rings (SSSR count). The van der Waals surface area contributed by atoms with Gasteiger partial charge in [0.05, 0.1) is 4.92 Å². The molecule has 0 N–H and O–H groups in total. The number of aryl methyl sites for hydroxylation is 1. The predicted molar refractivity (Wildman–Crippen MR) is 90.6 cm³/mol. The minimum absolute atomic E-state index is 0.159. The number of hydrogen-bond acceptors (Lipinski definition) is 7. The zero-order valence-corrected chi connectivity index (χ0v) is 14.1. The summed E-state index contributed by atoms with van der Waals surface area (Å²) < 4.78 is 5.36. The topological polar surface area (TPSA) is 88.5 Å². The zero-order chi connectivity index (χ0) is 17.3. The fourth-order valence-electron chi connectivity index (χ4n) is 2.98. The molecular formula is C16H21N5O3. The van der Waals surface area contributed by atoms with Gasteiger partial charge in [-0.2, -0.15) is 4.98 Å². The van der Waals surface area contributed by atoms with Gasteiger partial charge in [-0.15, -0.1) is 0 Å². The maximum Gasteiger partial charge on any atom is 0.292 e. The first-order chi connectivity index (χ1) is 11.5. The van der Waals surface area contributed by atoms with Crippen LogP contribution in [0.2, 0.25) is 0 Å². The van der Waals surface area contributed by atoms with Gasteiger partial charge >= 0.3 is 0 Å². The lowest BCUT2D eigenvalue weighted by molar-refractivity contribution is -0.384. The van der Waals surface area contributed by atoms with Crippen molar-refractivity contribution in [2.45, 2.75) is 25.7 Å². The molecule has 0 saturated carbocycles. The molecule has 1 aromatic heterocycles. The summed E-state index contributed by atoms with van der Waals surface area (Å²) in [5, 5.41) is 15.2. The Morgan fingerprint density at radius 2 is 2.04 bits per heavy atom. The number of piperidine rings is 1. The van der Waals surface area contributed by atoms with Crippen molar-refractivity contribution in [1.82, 2.24) is 10.1 Å². The Bertz CT molecular complexity index is 735. The fourth-order valence-corrected chi connectivity index (χ4v) is 2.98. The molecule has 0 aliphatic carbocycles. The summed E-state index contributed by atoms with van der Waals surface area (Å²) >= 11 is 0. The van der Waals surface area contributed by atoms with Gasteiger partial charge in [-0.25, -0.2) is 0 Å². The molecule has 2 heterocycles. The van der Waals surface area contributed by atoms with E-state index in [1.807, 2.05) is 27.1 Å². The predicted octanol–water partition coefficient (Wildman–Crippen LogP) is 2.74. The molecule has 1 aliphatic heterocycles. The minimum atomic E-state index is -0.317. The molecule has 128 valence electrons. The summed E-state index contributed by atoms with van der Waals surface area (Å²) in [6, 6.07) is 5.24. The normalized spacial score (nSPS) is 15.5. The molecule has 24 heavy (non-hydrogen) atoms. The molecule has 0 spiro atoms. The van der Waals surface area contributed by atoms with Crippen LogP contribution in [0.5, 0.6) is 0 Å². The highest BCUT2D eigenvalue weighted by molar-refractivity contribution is 5.64. The van der Waals surface area contributed by atoms with Gasteiger partial charge in [-0.1, -0.05) is 6.07 Å². The first-order valence-electron chi connectivity index (χ1n) is 7.96. The third-order valence-electron chi connectivity index (χ3n) is 4.34. The summed E-state index contributed by atoms with van der Waals surface area (Å²) in [5.41, 5.74) is 1.87. The number of nitro benzene ring substituents is 1. The first-order valence-corrected chi connectivity index (χ1v) is 7.96. The van der Waals surface area contributed by atoms with Crippen LogP contribution >= 0.6 is 0 Å². The SMILES string of the molecule is Cc1ccc([N+](=O)[O-])c(N2CCC(c3nc(N(C)C)no3)CC2)c1. The Morgan fingerprint density at radius 3 is 2.62 bits per heavy atom. The second-order valence-electron chi connectivity index (χ2n) is 6.34. The summed E-state index contributed by atoms with van der Waals surface area (Å²) in [6.45, 7) is 3.41. The zero-order valence-electron chi connectivity index (χ0n) is 14.1. The number of rotatable bonds is 4. The van der Waals surface area contributed by atoms with Gasteiger partial charge in [0, 0.05) is 39.2 Å². The fraction of sp³-hybridized carbons (Fsp3) is 0.500. The first kappa shape index (κ1) is 16.2. The van der Waals surface area contributed by atoms with Gasteiger partial charge < -0.3 is 14.3 Å². The van der Waals surface area contributed by atoms with E-state index >= 15 is 0 Å². The molecule has 0 radical (unpaired) electrons. The van der Waals surface area contributed by atoms with E-state index in [0.717, 1.165) is 31.5 Å². The van der Waals surface area contributed by atoms with E-state index in [4.69, 9.17) is 4.52 Å². The Morgan fingerprint density at radius 1 is 1.33 bits per heavy atom. The van der Waals surface area contributed by atoms with Crippen molar-refractivity contribution < 1.29 is 9.45 Å². The lowest BCUT2D eigenvalue weighted by Crippen LogP contribution is -2.33. The van der Waals surface area contributed by atoms with Crippen LogP contribution in [0.1, 0.15) is 30.2 Å². The van der Waals surface area contributed by atoms with Crippen molar-refractivity contribution in [3.05, 3.63) is 39.8 Å². The lowest BCUT2D eigenvalue weighted by atomic mass is 9.96. The summed E-state index contributed by atoms with van der Waals surface area (Å²) in [6.07, 6.45) is 1.67. The van der Waals surface area contributed by atoms with Crippen LogP contribution in [0.25, 0.3) is 0 Å². The average Bonchev–Trinajstić information content (AvgIpc) is 3.05. The van der Waals surface area contributed by atoms with Gasteiger partial charge in [0.1, 0.15) is 5.69 Å². The maximum atomic E-state index is 11.3. The second-order valence-corrected chi connectivity index (χ2v) is 6.34. The molecular weight excluding hydrogens is 310 g/mol. The largest absolute Gasteiger partial charge is 0.366 e. The van der Waals surface area contributed by atoms with E-state index in [1.165, 1.54) is 0 Å². The monoisotopic (exact) mass is 331 g/mol. The number of hydrogen-bond donors (Lipinski definition) is 0. The van der Waals surface area contributed by atoms with E-state index in [-0.39, 0.29) is 16.5 Å². The highest BCUT2D eigenvalue weighted by Crippen LogP contribution is 2.35. The number of aromatic nitrogens is 2. The van der Waals surface area contributed by atoms with Crippen molar-refractivity contribution >= 4 is 17.3 Å². The van der Waals surface area contributed by atoms with Crippen LogP contribution in [0, 0.1) is 17.0 Å². The van der Waals surface area contributed by atoms with Crippen molar-refractivity contribution in [2.24, 2.45) is 0 Å². The second kappa shape index (κ2) is 6.46. The van der Waals surface area contributed by atoms with Crippen molar-refractivity contribution in [1.29, 1.82) is 0 Å².